The van der Waals surface area contributed by atoms with Crippen molar-refractivity contribution in [3.63, 3.8) is 0 Å². The summed E-state index contributed by atoms with van der Waals surface area (Å²) in [6.07, 6.45) is -1.85. The molecular weight excluding hydrogens is 459 g/mol. The van der Waals surface area contributed by atoms with E-state index in [-0.39, 0.29) is 30.9 Å². The van der Waals surface area contributed by atoms with Crippen molar-refractivity contribution in [2.75, 3.05) is 6.54 Å². The molecule has 7 nitrogen and oxygen atoms in total. The van der Waals surface area contributed by atoms with E-state index in [1.807, 2.05) is 0 Å². The van der Waals surface area contributed by atoms with Crippen molar-refractivity contribution in [1.29, 1.82) is 0 Å². The van der Waals surface area contributed by atoms with Crippen molar-refractivity contribution < 1.29 is 18.0 Å². The molecule has 2 heterocycles. The zero-order chi connectivity index (χ0) is 23.6. The van der Waals surface area contributed by atoms with Gasteiger partial charge in [0.05, 0.1) is 35.4 Å². The Labute approximate surface area is 190 Å². The molecule has 11 heteroatoms. The number of halogens is 4. The lowest BCUT2D eigenvalue weighted by Crippen LogP contribution is -2.28. The maximum Gasteiger partial charge on any atom is 0.416 e. The first-order valence-electron chi connectivity index (χ1n) is 9.84. The van der Waals surface area contributed by atoms with Crippen LogP contribution in [-0.4, -0.2) is 31.8 Å². The van der Waals surface area contributed by atoms with Crippen LogP contribution in [-0.2, 0) is 19.3 Å². The zero-order valence-electron chi connectivity index (χ0n) is 17.0. The Morgan fingerprint density at radius 1 is 1.12 bits per heavy atom. The summed E-state index contributed by atoms with van der Waals surface area (Å²) in [6.45, 7) is 0.407. The molecule has 0 saturated carbocycles. The summed E-state index contributed by atoms with van der Waals surface area (Å²) >= 11 is 6.02. The van der Waals surface area contributed by atoms with Gasteiger partial charge in [-0.3, -0.25) is 14.2 Å². The van der Waals surface area contributed by atoms with Gasteiger partial charge in [0.2, 0.25) is 0 Å². The molecule has 2 aromatic heterocycles. The molecule has 0 spiro atoms. The molecule has 2 aromatic carbocycles. The first-order chi connectivity index (χ1) is 15.7. The lowest BCUT2D eigenvalue weighted by Gasteiger charge is -2.10. The van der Waals surface area contributed by atoms with Crippen LogP contribution in [0.2, 0.25) is 5.02 Å². The molecule has 0 aliphatic rings. The van der Waals surface area contributed by atoms with Crippen molar-refractivity contribution in [3.05, 3.63) is 93.1 Å². The van der Waals surface area contributed by atoms with Gasteiger partial charge < -0.3 is 5.32 Å². The Hall–Kier alpha value is -3.66. The van der Waals surface area contributed by atoms with E-state index in [4.69, 9.17) is 11.6 Å². The van der Waals surface area contributed by atoms with Crippen molar-refractivity contribution in [3.8, 4) is 0 Å². The number of nitrogens with one attached hydrogen (secondary N) is 1. The summed E-state index contributed by atoms with van der Waals surface area (Å²) in [7, 11) is 0. The van der Waals surface area contributed by atoms with E-state index in [1.165, 1.54) is 33.9 Å². The summed E-state index contributed by atoms with van der Waals surface area (Å²) in [5.74, 6) is -0.339. The number of hydrogen-bond donors (Lipinski definition) is 1. The second-order valence-electron chi connectivity index (χ2n) is 7.22. The molecule has 33 heavy (non-hydrogen) atoms. The van der Waals surface area contributed by atoms with Crippen LogP contribution >= 0.6 is 11.6 Å². The molecule has 0 unspecified atom stereocenters. The van der Waals surface area contributed by atoms with E-state index in [9.17, 15) is 22.8 Å². The molecule has 0 atom stereocenters. The summed E-state index contributed by atoms with van der Waals surface area (Å²) < 4.78 is 41.5. The molecular formula is C22H17ClF3N5O2. The Kier molecular flexibility index (Phi) is 6.19. The first kappa shape index (κ1) is 22.5. The van der Waals surface area contributed by atoms with Crippen LogP contribution < -0.4 is 10.9 Å². The monoisotopic (exact) mass is 475 g/mol. The van der Waals surface area contributed by atoms with Gasteiger partial charge in [-0.15, -0.1) is 0 Å². The van der Waals surface area contributed by atoms with E-state index >= 15 is 0 Å². The van der Waals surface area contributed by atoms with Crippen molar-refractivity contribution >= 4 is 28.5 Å². The van der Waals surface area contributed by atoms with E-state index in [0.29, 0.717) is 21.8 Å². The Bertz CT molecular complexity index is 1380. The molecule has 4 rings (SSSR count). The number of alkyl halides is 3. The maximum atomic E-state index is 12.9. The zero-order valence-corrected chi connectivity index (χ0v) is 17.8. The predicted molar refractivity (Wildman–Crippen MR) is 116 cm³/mol. The molecule has 4 aromatic rings. The highest BCUT2D eigenvalue weighted by Gasteiger charge is 2.30. The van der Waals surface area contributed by atoms with Crippen LogP contribution in [0.3, 0.4) is 0 Å². The van der Waals surface area contributed by atoms with Gasteiger partial charge in [0, 0.05) is 6.54 Å². The molecule has 0 aliphatic heterocycles. The Balaban J connectivity index is 1.48. The SMILES string of the molecule is O=C(NCCn1ncc2c(=O)n(Cc3cccc(C(F)(F)F)c3)cnc21)c1ccccc1Cl. The van der Waals surface area contributed by atoms with Gasteiger partial charge in [0.15, 0.2) is 5.65 Å². The third-order valence-electron chi connectivity index (χ3n) is 4.96. The highest BCUT2D eigenvalue weighted by Crippen LogP contribution is 2.29. The number of aromatic nitrogens is 4. The smallest absolute Gasteiger partial charge is 0.350 e. The van der Waals surface area contributed by atoms with Gasteiger partial charge in [-0.25, -0.2) is 9.67 Å². The summed E-state index contributed by atoms with van der Waals surface area (Å²) in [5, 5.41) is 7.44. The third kappa shape index (κ3) is 4.90. The van der Waals surface area contributed by atoms with Crippen molar-refractivity contribution in [1.82, 2.24) is 24.6 Å². The van der Waals surface area contributed by atoms with Crippen molar-refractivity contribution in [2.24, 2.45) is 0 Å². The summed E-state index contributed by atoms with van der Waals surface area (Å²) in [4.78, 5) is 29.3. The van der Waals surface area contributed by atoms with Crippen LogP contribution in [0, 0.1) is 0 Å². The predicted octanol–water partition coefficient (Wildman–Crippen LogP) is 3.74. The highest BCUT2D eigenvalue weighted by molar-refractivity contribution is 6.33. The fourth-order valence-corrected chi connectivity index (χ4v) is 3.55. The molecule has 0 saturated heterocycles. The minimum absolute atomic E-state index is 0.0647. The van der Waals surface area contributed by atoms with E-state index in [0.717, 1.165) is 12.1 Å². The topological polar surface area (TPSA) is 81.8 Å². The largest absolute Gasteiger partial charge is 0.416 e. The van der Waals surface area contributed by atoms with Crippen LogP contribution in [0.5, 0.6) is 0 Å². The second kappa shape index (κ2) is 9.07. The standard InChI is InChI=1S/C22H17ClF3N5O2/c23-18-7-2-1-6-16(18)20(32)27-8-9-31-19-17(11-29-31)21(33)30(13-28-19)12-14-4-3-5-15(10-14)22(24,25)26/h1-7,10-11,13H,8-9,12H2,(H,27,32). The van der Waals surface area contributed by atoms with Crippen molar-refractivity contribution in [2.45, 2.75) is 19.3 Å². The van der Waals surface area contributed by atoms with E-state index in [2.05, 4.69) is 15.4 Å². The number of amides is 1. The second-order valence-corrected chi connectivity index (χ2v) is 7.62. The average molecular weight is 476 g/mol. The van der Waals surface area contributed by atoms with Gasteiger partial charge in [0.25, 0.3) is 11.5 Å². The highest BCUT2D eigenvalue weighted by atomic mass is 35.5. The fourth-order valence-electron chi connectivity index (χ4n) is 3.33. The number of nitrogens with zero attached hydrogens (tertiary/aromatic N) is 4. The Morgan fingerprint density at radius 2 is 1.91 bits per heavy atom. The molecule has 0 fully saturated rings. The van der Waals surface area contributed by atoms with Gasteiger partial charge in [-0.05, 0) is 29.8 Å². The van der Waals surface area contributed by atoms with Crippen LogP contribution in [0.15, 0.2) is 65.8 Å². The van der Waals surface area contributed by atoms with E-state index < -0.39 is 17.3 Å². The summed E-state index contributed by atoms with van der Waals surface area (Å²) in [6, 6.07) is 11.4. The van der Waals surface area contributed by atoms with Crippen LogP contribution in [0.4, 0.5) is 13.2 Å². The minimum Gasteiger partial charge on any atom is -0.350 e. The molecule has 0 radical (unpaired) electrons. The van der Waals surface area contributed by atoms with Gasteiger partial charge in [0.1, 0.15) is 11.7 Å². The lowest BCUT2D eigenvalue weighted by molar-refractivity contribution is -0.137. The quantitative estimate of drug-likeness (QED) is 0.460. The molecule has 0 bridgehead atoms. The maximum absolute atomic E-state index is 12.9. The van der Waals surface area contributed by atoms with Crippen LogP contribution in [0.1, 0.15) is 21.5 Å². The van der Waals surface area contributed by atoms with Crippen LogP contribution in [0.25, 0.3) is 11.0 Å². The third-order valence-corrected chi connectivity index (χ3v) is 5.29. The van der Waals surface area contributed by atoms with Gasteiger partial charge in [-0.1, -0.05) is 35.9 Å². The number of benzene rings is 2. The number of rotatable bonds is 6. The number of hydrogen-bond acceptors (Lipinski definition) is 4. The molecule has 1 amide bonds. The number of carbonyl (C=O) groups excluding carboxylic acids is 1. The molecule has 0 aliphatic carbocycles. The Morgan fingerprint density at radius 3 is 2.67 bits per heavy atom. The average Bonchev–Trinajstić information content (AvgIpc) is 3.19. The normalized spacial score (nSPS) is 11.6. The number of fused-ring (bicyclic) bond motifs is 1. The molecule has 170 valence electrons. The van der Waals surface area contributed by atoms with Gasteiger partial charge >= 0.3 is 6.18 Å². The first-order valence-corrected chi connectivity index (χ1v) is 10.2. The molecule has 1 N–H and O–H groups in total. The summed E-state index contributed by atoms with van der Waals surface area (Å²) in [5.41, 5.74) is -0.229. The minimum atomic E-state index is -4.47. The van der Waals surface area contributed by atoms with Gasteiger partial charge in [-0.2, -0.15) is 18.3 Å². The number of carbonyl (C=O) groups is 1. The van der Waals surface area contributed by atoms with E-state index in [1.54, 1.807) is 24.3 Å². The fraction of sp³-hybridized carbons (Fsp3) is 0.182. The lowest BCUT2D eigenvalue weighted by atomic mass is 10.1.